The Hall–Kier alpha value is -0.871. The fraction of sp³-hybridized carbons (Fsp3) is 0.400. The van der Waals surface area contributed by atoms with E-state index in [1.165, 1.54) is 0 Å². The molecule has 5 nitrogen and oxygen atoms in total. The van der Waals surface area contributed by atoms with E-state index in [0.717, 1.165) is 0 Å². The molecule has 1 unspecified atom stereocenters. The number of aliphatic carboxylic acids is 2. The van der Waals surface area contributed by atoms with Crippen LogP contribution in [-0.2, 0) is 31.5 Å². The Morgan fingerprint density at radius 1 is 1.36 bits per heavy atom. The van der Waals surface area contributed by atoms with Gasteiger partial charge in [0, 0.05) is 12.4 Å². The third kappa shape index (κ3) is 5.57. The average molecular weight is 208 g/mol. The molecule has 0 aliphatic carbocycles. The van der Waals surface area contributed by atoms with E-state index >= 15 is 0 Å². The first-order chi connectivity index (χ1) is 4.57. The molecule has 0 saturated carbocycles. The van der Waals surface area contributed by atoms with Crippen molar-refractivity contribution in [3.05, 3.63) is 0 Å². The summed E-state index contributed by atoms with van der Waals surface area (Å²) in [7, 11) is 0. The third-order valence-corrected chi connectivity index (χ3v) is 0.854. The second-order valence-corrected chi connectivity index (χ2v) is 1.64. The zero-order valence-corrected chi connectivity index (χ0v) is 6.15. The van der Waals surface area contributed by atoms with E-state index in [9.17, 15) is 24.6 Å². The van der Waals surface area contributed by atoms with E-state index in [4.69, 9.17) is 0 Å². The molecule has 0 heterocycles. The van der Waals surface area contributed by atoms with Crippen LogP contribution in [0.25, 0.3) is 0 Å². The van der Waals surface area contributed by atoms with Crippen molar-refractivity contribution in [3.8, 4) is 0 Å². The number of hydrogen-bond acceptors (Lipinski definition) is 5. The molecular weight excluding hydrogens is 204 g/mol. The van der Waals surface area contributed by atoms with Crippen molar-refractivity contribution in [2.75, 3.05) is 0 Å². The van der Waals surface area contributed by atoms with Crippen LogP contribution in [0.15, 0.2) is 0 Å². The molecule has 1 radical (unpaired) electrons. The first-order valence-corrected chi connectivity index (χ1v) is 2.44. The number of aldehydes is 1. The summed E-state index contributed by atoms with van der Waals surface area (Å²) in [5, 5.41) is 19.5. The van der Waals surface area contributed by atoms with Crippen LogP contribution in [0.5, 0.6) is 0 Å². The molecule has 1 atom stereocenters. The van der Waals surface area contributed by atoms with Crippen molar-refractivity contribution >= 4 is 18.2 Å². The SMILES string of the molecule is O=CC(CC(=O)[O-])C(=O)[O-].[Cu+2]. The fourth-order valence-corrected chi connectivity index (χ4v) is 0.367. The Kier molecular flexibility index (Phi) is 6.83. The molecule has 0 N–H and O–H groups in total. The number of carboxylic acid groups (broad SMARTS) is 2. The second kappa shape index (κ2) is 5.88. The fourth-order valence-electron chi connectivity index (χ4n) is 0.367. The summed E-state index contributed by atoms with van der Waals surface area (Å²) in [6.45, 7) is 0. The quantitative estimate of drug-likeness (QED) is 0.273. The van der Waals surface area contributed by atoms with Crippen molar-refractivity contribution < 1.29 is 41.7 Å². The molecule has 0 aromatic heterocycles. The first kappa shape index (κ1) is 12.8. The molecule has 0 aliphatic heterocycles. The summed E-state index contributed by atoms with van der Waals surface area (Å²) >= 11 is 0. The standard InChI is InChI=1S/C5H6O5.Cu/c6-2-3(5(9)10)1-4(7)8;/h2-3H,1H2,(H,7,8)(H,9,10);/q;+2/p-2. The van der Waals surface area contributed by atoms with Crippen LogP contribution in [0.4, 0.5) is 0 Å². The number of carboxylic acids is 2. The maximum atomic E-state index is 9.83. The molecule has 0 aromatic carbocycles. The minimum Gasteiger partial charge on any atom is -0.550 e. The van der Waals surface area contributed by atoms with E-state index in [-0.39, 0.29) is 23.4 Å². The van der Waals surface area contributed by atoms with Crippen LogP contribution < -0.4 is 10.2 Å². The number of hydrogen-bond donors (Lipinski definition) is 0. The molecule has 0 amide bonds. The van der Waals surface area contributed by atoms with Crippen molar-refractivity contribution in [2.45, 2.75) is 6.42 Å². The molecule has 0 aromatic rings. The molecule has 0 rings (SSSR count). The van der Waals surface area contributed by atoms with Crippen LogP contribution in [0, 0.1) is 5.92 Å². The third-order valence-electron chi connectivity index (χ3n) is 0.854. The van der Waals surface area contributed by atoms with E-state index in [0.29, 0.717) is 0 Å². The molecule has 0 saturated heterocycles. The topological polar surface area (TPSA) is 97.3 Å². The predicted molar refractivity (Wildman–Crippen MR) is 24.2 cm³/mol. The molecule has 0 spiro atoms. The van der Waals surface area contributed by atoms with Crippen LogP contribution in [0.1, 0.15) is 6.42 Å². The summed E-state index contributed by atoms with van der Waals surface area (Å²) in [5.41, 5.74) is 0. The van der Waals surface area contributed by atoms with Gasteiger partial charge in [0.25, 0.3) is 0 Å². The molecule has 6 heteroatoms. The van der Waals surface area contributed by atoms with Crippen LogP contribution >= 0.6 is 0 Å². The minimum absolute atomic E-state index is 0. The Bertz CT molecular complexity index is 166. The predicted octanol–water partition coefficient (Wildman–Crippen LogP) is -3.31. The van der Waals surface area contributed by atoms with E-state index in [2.05, 4.69) is 0 Å². The summed E-state index contributed by atoms with van der Waals surface area (Å²) in [6.07, 6.45) is -0.822. The van der Waals surface area contributed by atoms with Gasteiger partial charge >= 0.3 is 17.1 Å². The van der Waals surface area contributed by atoms with Crippen molar-refractivity contribution in [2.24, 2.45) is 5.92 Å². The molecular formula is C5H4CuO5. The second-order valence-electron chi connectivity index (χ2n) is 1.64. The van der Waals surface area contributed by atoms with Gasteiger partial charge in [-0.15, -0.1) is 0 Å². The van der Waals surface area contributed by atoms with Gasteiger partial charge in [0.05, 0.1) is 11.9 Å². The summed E-state index contributed by atoms with van der Waals surface area (Å²) in [5.74, 6) is -4.87. The number of rotatable bonds is 4. The van der Waals surface area contributed by atoms with Crippen LogP contribution in [0.3, 0.4) is 0 Å². The Labute approximate surface area is 72.9 Å². The van der Waals surface area contributed by atoms with Gasteiger partial charge in [0.1, 0.15) is 6.29 Å². The van der Waals surface area contributed by atoms with Gasteiger partial charge in [-0.1, -0.05) is 0 Å². The number of carbonyl (C=O) groups excluding carboxylic acids is 3. The zero-order chi connectivity index (χ0) is 8.15. The van der Waals surface area contributed by atoms with Crippen LogP contribution in [0.2, 0.25) is 0 Å². The van der Waals surface area contributed by atoms with E-state index in [1.807, 2.05) is 0 Å². The zero-order valence-electron chi connectivity index (χ0n) is 5.20. The van der Waals surface area contributed by atoms with Crippen molar-refractivity contribution in [3.63, 3.8) is 0 Å². The number of carbonyl (C=O) groups is 3. The molecule has 0 bridgehead atoms. The van der Waals surface area contributed by atoms with E-state index < -0.39 is 24.3 Å². The summed E-state index contributed by atoms with van der Waals surface area (Å²) in [6, 6.07) is 0. The Balaban J connectivity index is 0. The van der Waals surface area contributed by atoms with Crippen molar-refractivity contribution in [1.82, 2.24) is 0 Å². The van der Waals surface area contributed by atoms with Gasteiger partial charge in [0.2, 0.25) is 0 Å². The molecule has 65 valence electrons. The largest absolute Gasteiger partial charge is 2.00 e. The summed E-state index contributed by atoms with van der Waals surface area (Å²) < 4.78 is 0. The van der Waals surface area contributed by atoms with Gasteiger partial charge in [-0.25, -0.2) is 0 Å². The van der Waals surface area contributed by atoms with Gasteiger partial charge < -0.3 is 24.6 Å². The first-order valence-electron chi connectivity index (χ1n) is 2.44. The van der Waals surface area contributed by atoms with Crippen LogP contribution in [-0.4, -0.2) is 18.2 Å². The summed E-state index contributed by atoms with van der Waals surface area (Å²) in [4.78, 5) is 29.3. The van der Waals surface area contributed by atoms with Gasteiger partial charge in [-0.05, 0) is 0 Å². The van der Waals surface area contributed by atoms with Crippen molar-refractivity contribution in [1.29, 1.82) is 0 Å². The van der Waals surface area contributed by atoms with Gasteiger partial charge in [-0.2, -0.15) is 0 Å². The monoisotopic (exact) mass is 207 g/mol. The molecule has 11 heavy (non-hydrogen) atoms. The maximum absolute atomic E-state index is 9.83. The average Bonchev–Trinajstić information content (AvgIpc) is 1.81. The smallest absolute Gasteiger partial charge is 0.550 e. The molecule has 0 aliphatic rings. The maximum Gasteiger partial charge on any atom is 2.00 e. The van der Waals surface area contributed by atoms with Gasteiger partial charge in [0.15, 0.2) is 0 Å². The minimum atomic E-state index is -1.70. The van der Waals surface area contributed by atoms with Gasteiger partial charge in [-0.3, -0.25) is 0 Å². The molecule has 0 fully saturated rings. The van der Waals surface area contributed by atoms with E-state index in [1.54, 1.807) is 0 Å². The normalized spacial score (nSPS) is 10.9. The Morgan fingerprint density at radius 3 is 1.91 bits per heavy atom. The Morgan fingerprint density at radius 2 is 1.82 bits per heavy atom.